The van der Waals surface area contributed by atoms with Crippen LogP contribution in [0.4, 0.5) is 4.79 Å². The number of fused-ring (bicyclic) bond motifs is 2. The maximum atomic E-state index is 15.0. The van der Waals surface area contributed by atoms with Crippen LogP contribution in [-0.2, 0) is 54.0 Å². The monoisotopic (exact) mass is 960 g/mol. The Balaban J connectivity index is 1.38. The summed E-state index contributed by atoms with van der Waals surface area (Å²) in [5.41, 5.74) is 0.655. The molecule has 0 saturated carbocycles. The predicted octanol–water partition coefficient (Wildman–Crippen LogP) is 4.76. The number of hydrogen-bond donors (Lipinski definition) is 4. The molecular weight excluding hydrogens is 879 g/mol. The van der Waals surface area contributed by atoms with Crippen LogP contribution in [0.2, 0.25) is 0 Å². The standard InChI is InChI=1S/C50H81N5O13/c1-15-37-50(10)41(55(47(60)68-50)51-22-18-23-54-24-21-34-19-16-17-20-35(34)54)32(6)52-44(58)28(2)26-49(9,62-14)43(67-46-39(56)36(53(11)12)25-29(3)63-46)30(4)40(31(5)45(59)65-37)66-38-27-48(8,61-13)42(57)33(7)64-38/h16-17,19-21,24,28-33,36-43,46,51,56-57H,15,18,22-23,25-27H2,1-14H3,(H,52,58)/t28-,29-,30+,31-,32?,33+,36+,37+,38+,39-,40+,41-,42+,43+,46+,48-,49+,50-/m1/s1. The van der Waals surface area contributed by atoms with Crippen molar-refractivity contribution in [1.29, 1.82) is 0 Å². The first kappa shape index (κ1) is 53.9. The number of amides is 2. The molecular formula is C50H81N5O13. The quantitative estimate of drug-likeness (QED) is 0.158. The van der Waals surface area contributed by atoms with Gasteiger partial charge in [-0.25, -0.2) is 15.2 Å². The number of likely N-dealkylation sites (N-methyl/N-ethyl adjacent to an activating group) is 1. The Morgan fingerprint density at radius 1 is 0.926 bits per heavy atom. The molecule has 1 aromatic carbocycles. The van der Waals surface area contributed by atoms with Crippen LogP contribution in [0.5, 0.6) is 0 Å². The Labute approximate surface area is 402 Å². The topological polar surface area (TPSA) is 201 Å². The summed E-state index contributed by atoms with van der Waals surface area (Å²) >= 11 is 0. The minimum Gasteiger partial charge on any atom is -0.458 e. The zero-order chi connectivity index (χ0) is 50.0. The van der Waals surface area contributed by atoms with Crippen molar-refractivity contribution < 1.29 is 62.5 Å². The van der Waals surface area contributed by atoms with Gasteiger partial charge < -0.3 is 62.9 Å². The third-order valence-electron chi connectivity index (χ3n) is 15.4. The zero-order valence-corrected chi connectivity index (χ0v) is 42.8. The highest BCUT2D eigenvalue weighted by Crippen LogP contribution is 2.42. The van der Waals surface area contributed by atoms with Gasteiger partial charge in [-0.3, -0.25) is 9.59 Å². The minimum absolute atomic E-state index is 0.118. The van der Waals surface area contributed by atoms with Gasteiger partial charge in [-0.1, -0.05) is 39.0 Å². The molecule has 4 N–H and O–H groups in total. The second-order valence-electron chi connectivity index (χ2n) is 20.8. The van der Waals surface area contributed by atoms with Gasteiger partial charge in [-0.2, -0.15) is 0 Å². The van der Waals surface area contributed by atoms with E-state index in [1.165, 1.54) is 12.1 Å². The van der Waals surface area contributed by atoms with E-state index in [4.69, 9.17) is 37.9 Å². The number of benzene rings is 1. The van der Waals surface area contributed by atoms with Crippen LogP contribution in [0.25, 0.3) is 10.9 Å². The van der Waals surface area contributed by atoms with Crippen molar-refractivity contribution in [1.82, 2.24) is 25.2 Å². The van der Waals surface area contributed by atoms with Crippen LogP contribution in [0, 0.1) is 17.8 Å². The number of carbonyl (C=O) groups is 3. The van der Waals surface area contributed by atoms with E-state index in [1.807, 2.05) is 71.9 Å². The fraction of sp³-hybridized carbons (Fsp3) is 0.780. The van der Waals surface area contributed by atoms with E-state index in [0.29, 0.717) is 25.9 Å². The molecule has 2 aromatic rings. The van der Waals surface area contributed by atoms with E-state index >= 15 is 0 Å². The summed E-state index contributed by atoms with van der Waals surface area (Å²) in [6, 6.07) is 8.38. The number of methoxy groups -OCH3 is 2. The highest BCUT2D eigenvalue weighted by atomic mass is 16.7. The van der Waals surface area contributed by atoms with Crippen molar-refractivity contribution in [2.45, 2.75) is 198 Å². The van der Waals surface area contributed by atoms with Crippen molar-refractivity contribution in [3.63, 3.8) is 0 Å². The van der Waals surface area contributed by atoms with Gasteiger partial charge in [0.05, 0.1) is 47.6 Å². The molecule has 2 amide bonds. The van der Waals surface area contributed by atoms with Crippen LogP contribution in [0.3, 0.4) is 0 Å². The lowest BCUT2D eigenvalue weighted by molar-refractivity contribution is -0.319. The number of cyclic esters (lactones) is 1. The molecule has 5 heterocycles. The van der Waals surface area contributed by atoms with Gasteiger partial charge in [0, 0.05) is 63.3 Å². The van der Waals surface area contributed by atoms with Crippen molar-refractivity contribution in [3.05, 3.63) is 36.5 Å². The predicted molar refractivity (Wildman–Crippen MR) is 253 cm³/mol. The smallest absolute Gasteiger partial charge is 0.425 e. The van der Waals surface area contributed by atoms with Crippen molar-refractivity contribution >= 4 is 28.9 Å². The summed E-state index contributed by atoms with van der Waals surface area (Å²) in [7, 11) is 6.85. The molecule has 384 valence electrons. The number of aliphatic hydroxyl groups is 2. The highest BCUT2D eigenvalue weighted by molar-refractivity contribution is 5.80. The number of nitrogens with zero attached hydrogens (tertiary/aromatic N) is 3. The molecule has 0 spiro atoms. The number of esters is 1. The number of nitrogens with one attached hydrogen (secondary N) is 2. The number of hydrogen-bond acceptors (Lipinski definition) is 15. The first-order valence-corrected chi connectivity index (χ1v) is 24.6. The van der Waals surface area contributed by atoms with Crippen LogP contribution in [-0.4, -0.2) is 168 Å². The SMILES string of the molecule is CC[C@@H]1OC(=O)[C@H](C)[C@@H](O[C@H]2C[C@@](C)(OC)[C@@H](O)[C@H](C)O2)[C@H](C)[C@H](O[C@@H]2O[C@H](C)C[C@H](N(C)C)[C@H]2O)[C@@](C)(OC)C[C@@H](C)C(=O)NC(C)[C@H]2N(NCCCn3ccc4ccccc43)C(=O)O[C@]12C. The van der Waals surface area contributed by atoms with E-state index in [-0.39, 0.29) is 37.3 Å². The largest absolute Gasteiger partial charge is 0.458 e. The Morgan fingerprint density at radius 3 is 2.28 bits per heavy atom. The van der Waals surface area contributed by atoms with E-state index in [1.54, 1.807) is 41.7 Å². The van der Waals surface area contributed by atoms with Gasteiger partial charge in [0.2, 0.25) is 5.91 Å². The first-order chi connectivity index (χ1) is 32.0. The third kappa shape index (κ3) is 11.0. The van der Waals surface area contributed by atoms with E-state index in [0.717, 1.165) is 10.9 Å². The second kappa shape index (κ2) is 21.9. The van der Waals surface area contributed by atoms with E-state index < -0.39 is 108 Å². The molecule has 4 saturated heterocycles. The van der Waals surface area contributed by atoms with Gasteiger partial charge in [0.15, 0.2) is 18.2 Å². The van der Waals surface area contributed by atoms with Crippen LogP contribution < -0.4 is 10.7 Å². The lowest BCUT2D eigenvalue weighted by Gasteiger charge is -2.49. The normalized spacial score (nSPS) is 41.2. The summed E-state index contributed by atoms with van der Waals surface area (Å²) in [5, 5.41) is 28.7. The number of aryl methyl sites for hydroxylation is 1. The number of aromatic nitrogens is 1. The van der Waals surface area contributed by atoms with Gasteiger partial charge >= 0.3 is 12.1 Å². The molecule has 4 aliphatic heterocycles. The maximum Gasteiger partial charge on any atom is 0.425 e. The molecule has 0 bridgehead atoms. The summed E-state index contributed by atoms with van der Waals surface area (Å²) in [4.78, 5) is 45.5. The molecule has 6 rings (SSSR count). The third-order valence-corrected chi connectivity index (χ3v) is 15.4. The van der Waals surface area contributed by atoms with Crippen molar-refractivity contribution in [3.8, 4) is 0 Å². The fourth-order valence-corrected chi connectivity index (χ4v) is 11.3. The van der Waals surface area contributed by atoms with E-state index in [9.17, 15) is 24.6 Å². The summed E-state index contributed by atoms with van der Waals surface area (Å²) in [6.45, 7) is 19.2. The number of hydrazine groups is 1. The van der Waals surface area contributed by atoms with Crippen molar-refractivity contribution in [2.75, 3.05) is 34.9 Å². The Kier molecular flexibility index (Phi) is 17.4. The van der Waals surface area contributed by atoms with Gasteiger partial charge in [-0.15, -0.1) is 0 Å². The lowest BCUT2D eigenvalue weighted by atomic mass is 9.77. The van der Waals surface area contributed by atoms with Crippen LogP contribution in [0.15, 0.2) is 36.5 Å². The lowest BCUT2D eigenvalue weighted by Crippen LogP contribution is -2.63. The Hall–Kier alpha value is -3.43. The highest BCUT2D eigenvalue weighted by Gasteiger charge is 2.60. The molecule has 18 atom stereocenters. The molecule has 0 aliphatic carbocycles. The number of rotatable bonds is 13. The number of aliphatic hydroxyl groups excluding tert-OH is 2. The summed E-state index contributed by atoms with van der Waals surface area (Å²) in [5.74, 6) is -3.41. The molecule has 1 aromatic heterocycles. The molecule has 1 unspecified atom stereocenters. The average Bonchev–Trinajstić information content (AvgIpc) is 3.83. The molecule has 18 heteroatoms. The summed E-state index contributed by atoms with van der Waals surface area (Å²) < 4.78 is 53.7. The summed E-state index contributed by atoms with van der Waals surface area (Å²) in [6.07, 6.45) is -5.00. The Morgan fingerprint density at radius 2 is 1.62 bits per heavy atom. The van der Waals surface area contributed by atoms with Crippen LogP contribution in [0.1, 0.15) is 101 Å². The van der Waals surface area contributed by atoms with E-state index in [2.05, 4.69) is 33.5 Å². The fourth-order valence-electron chi connectivity index (χ4n) is 11.3. The molecule has 4 fully saturated rings. The van der Waals surface area contributed by atoms with Gasteiger partial charge in [-0.05, 0) is 106 Å². The molecule has 0 radical (unpaired) electrons. The number of para-hydroxylation sites is 1. The Bertz CT molecular complexity index is 2020. The number of carbonyl (C=O) groups excluding carboxylic acids is 3. The minimum atomic E-state index is -1.44. The molecule has 18 nitrogen and oxygen atoms in total. The maximum absolute atomic E-state index is 15.0. The van der Waals surface area contributed by atoms with Gasteiger partial charge in [0.1, 0.15) is 24.4 Å². The molecule has 68 heavy (non-hydrogen) atoms. The average molecular weight is 960 g/mol. The second-order valence-corrected chi connectivity index (χ2v) is 20.8. The van der Waals surface area contributed by atoms with Crippen molar-refractivity contribution in [2.24, 2.45) is 17.8 Å². The first-order valence-electron chi connectivity index (χ1n) is 24.6. The number of ether oxygens (including phenoxy) is 8. The van der Waals surface area contributed by atoms with Crippen LogP contribution >= 0.6 is 0 Å². The van der Waals surface area contributed by atoms with Gasteiger partial charge in [0.25, 0.3) is 0 Å². The zero-order valence-electron chi connectivity index (χ0n) is 42.8. The molecule has 4 aliphatic rings.